The minimum Gasteiger partial charge on any atom is -0.341 e. The van der Waals surface area contributed by atoms with E-state index in [2.05, 4.69) is 20.2 Å². The number of hydrogen-bond donors (Lipinski definition) is 1. The number of hydrogen-bond acceptors (Lipinski definition) is 4. The van der Waals surface area contributed by atoms with Crippen molar-refractivity contribution in [2.75, 3.05) is 23.3 Å². The molecule has 0 spiro atoms. The Kier molecular flexibility index (Phi) is 5.56. The number of nitrogens with one attached hydrogen (secondary N) is 1. The third kappa shape index (κ3) is 4.14. The monoisotopic (exact) mass is 386 g/mol. The van der Waals surface area contributed by atoms with Crippen LogP contribution in [0.3, 0.4) is 0 Å². The molecule has 1 saturated heterocycles. The fraction of sp³-hybridized carbons (Fsp3) is 0.292. The molecule has 2 heterocycles. The van der Waals surface area contributed by atoms with E-state index in [-0.39, 0.29) is 5.91 Å². The van der Waals surface area contributed by atoms with Crippen LogP contribution in [-0.2, 0) is 4.79 Å². The molecule has 148 valence electrons. The van der Waals surface area contributed by atoms with Crippen molar-refractivity contribution in [1.29, 1.82) is 0 Å². The SMILES string of the molecule is Cc1nc(N2CCCC2)nc(C)c1NC(=O)C(c1ccccc1)c1ccccc1. The van der Waals surface area contributed by atoms with Gasteiger partial charge in [0, 0.05) is 13.1 Å². The van der Waals surface area contributed by atoms with Crippen molar-refractivity contribution in [2.24, 2.45) is 0 Å². The first kappa shape index (κ1) is 19.1. The van der Waals surface area contributed by atoms with Crippen molar-refractivity contribution in [1.82, 2.24) is 9.97 Å². The standard InChI is InChI=1S/C24H26N4O/c1-17-22(18(2)26-24(25-17)28-15-9-10-16-28)27-23(29)21(19-11-5-3-6-12-19)20-13-7-4-8-14-20/h3-8,11-14,21H,9-10,15-16H2,1-2H3,(H,27,29). The maximum absolute atomic E-state index is 13.4. The second-order valence-corrected chi connectivity index (χ2v) is 7.51. The Morgan fingerprint density at radius 3 is 1.83 bits per heavy atom. The first-order chi connectivity index (χ1) is 14.1. The molecular formula is C24H26N4O. The molecule has 1 N–H and O–H groups in total. The van der Waals surface area contributed by atoms with E-state index in [1.807, 2.05) is 74.5 Å². The summed E-state index contributed by atoms with van der Waals surface area (Å²) in [6.45, 7) is 5.86. The Balaban J connectivity index is 1.64. The third-order valence-corrected chi connectivity index (χ3v) is 5.42. The number of carbonyl (C=O) groups excluding carboxylic acids is 1. The summed E-state index contributed by atoms with van der Waals surface area (Å²) < 4.78 is 0. The summed E-state index contributed by atoms with van der Waals surface area (Å²) in [5, 5.41) is 3.11. The number of aromatic nitrogens is 2. The first-order valence-electron chi connectivity index (χ1n) is 10.1. The van der Waals surface area contributed by atoms with Crippen molar-refractivity contribution >= 4 is 17.5 Å². The molecule has 1 aliphatic heterocycles. The van der Waals surface area contributed by atoms with Crippen LogP contribution in [0.4, 0.5) is 11.6 Å². The predicted molar refractivity (Wildman–Crippen MR) is 116 cm³/mol. The van der Waals surface area contributed by atoms with Crippen LogP contribution in [0, 0.1) is 13.8 Å². The highest BCUT2D eigenvalue weighted by atomic mass is 16.1. The van der Waals surface area contributed by atoms with Gasteiger partial charge in [0.2, 0.25) is 11.9 Å². The Labute approximate surface area is 171 Å². The summed E-state index contributed by atoms with van der Waals surface area (Å²) >= 11 is 0. The molecule has 1 amide bonds. The zero-order valence-corrected chi connectivity index (χ0v) is 16.9. The lowest BCUT2D eigenvalue weighted by Gasteiger charge is -2.21. The average Bonchev–Trinajstić information content (AvgIpc) is 3.27. The Morgan fingerprint density at radius 1 is 0.862 bits per heavy atom. The van der Waals surface area contributed by atoms with Crippen LogP contribution in [-0.4, -0.2) is 29.0 Å². The van der Waals surface area contributed by atoms with Crippen LogP contribution in [0.5, 0.6) is 0 Å². The van der Waals surface area contributed by atoms with Gasteiger partial charge in [-0.15, -0.1) is 0 Å². The Morgan fingerprint density at radius 2 is 1.34 bits per heavy atom. The van der Waals surface area contributed by atoms with Crippen molar-refractivity contribution in [3.63, 3.8) is 0 Å². The Bertz CT molecular complexity index is 920. The number of aryl methyl sites for hydroxylation is 2. The topological polar surface area (TPSA) is 58.1 Å². The molecule has 3 aromatic rings. The molecule has 0 unspecified atom stereocenters. The van der Waals surface area contributed by atoms with Crippen LogP contribution < -0.4 is 10.2 Å². The van der Waals surface area contributed by atoms with E-state index < -0.39 is 5.92 Å². The molecule has 1 aliphatic rings. The lowest BCUT2D eigenvalue weighted by molar-refractivity contribution is -0.116. The van der Waals surface area contributed by atoms with Crippen LogP contribution in [0.25, 0.3) is 0 Å². The predicted octanol–water partition coefficient (Wildman–Crippen LogP) is 4.46. The molecule has 5 nitrogen and oxygen atoms in total. The van der Waals surface area contributed by atoms with Crippen LogP contribution >= 0.6 is 0 Å². The van der Waals surface area contributed by atoms with Crippen molar-refractivity contribution in [2.45, 2.75) is 32.6 Å². The second-order valence-electron chi connectivity index (χ2n) is 7.51. The highest BCUT2D eigenvalue weighted by molar-refractivity contribution is 5.99. The Hall–Kier alpha value is -3.21. The van der Waals surface area contributed by atoms with Gasteiger partial charge in [0.05, 0.1) is 23.0 Å². The molecule has 2 aromatic carbocycles. The van der Waals surface area contributed by atoms with Crippen LogP contribution in [0.2, 0.25) is 0 Å². The number of benzene rings is 2. The molecule has 0 aliphatic carbocycles. The number of carbonyl (C=O) groups is 1. The molecule has 0 atom stereocenters. The highest BCUT2D eigenvalue weighted by Crippen LogP contribution is 2.28. The van der Waals surface area contributed by atoms with Gasteiger partial charge in [-0.2, -0.15) is 0 Å². The molecule has 0 bridgehead atoms. The van der Waals surface area contributed by atoms with Gasteiger partial charge in [0.1, 0.15) is 0 Å². The molecule has 29 heavy (non-hydrogen) atoms. The van der Waals surface area contributed by atoms with Gasteiger partial charge < -0.3 is 10.2 Å². The van der Waals surface area contributed by atoms with Gasteiger partial charge in [-0.05, 0) is 37.8 Å². The van der Waals surface area contributed by atoms with E-state index in [0.29, 0.717) is 5.69 Å². The third-order valence-electron chi connectivity index (χ3n) is 5.42. The number of nitrogens with zero attached hydrogens (tertiary/aromatic N) is 3. The molecule has 5 heteroatoms. The zero-order chi connectivity index (χ0) is 20.2. The van der Waals surface area contributed by atoms with E-state index in [4.69, 9.17) is 0 Å². The maximum Gasteiger partial charge on any atom is 0.236 e. The van der Waals surface area contributed by atoms with Gasteiger partial charge in [-0.1, -0.05) is 60.7 Å². The van der Waals surface area contributed by atoms with Crippen LogP contribution in [0.15, 0.2) is 60.7 Å². The summed E-state index contributed by atoms with van der Waals surface area (Å²) in [5.41, 5.74) is 4.22. The van der Waals surface area contributed by atoms with Gasteiger partial charge in [-0.3, -0.25) is 4.79 Å². The fourth-order valence-electron chi connectivity index (χ4n) is 3.92. The molecule has 1 fully saturated rings. The van der Waals surface area contributed by atoms with E-state index in [0.717, 1.165) is 41.6 Å². The minimum absolute atomic E-state index is 0.0777. The normalized spacial score (nSPS) is 13.7. The largest absolute Gasteiger partial charge is 0.341 e. The highest BCUT2D eigenvalue weighted by Gasteiger charge is 2.25. The zero-order valence-electron chi connectivity index (χ0n) is 16.9. The number of amides is 1. The molecule has 4 rings (SSSR count). The summed E-state index contributed by atoms with van der Waals surface area (Å²) in [6.07, 6.45) is 2.35. The summed E-state index contributed by atoms with van der Waals surface area (Å²) in [7, 11) is 0. The van der Waals surface area contributed by atoms with Crippen molar-refractivity contribution < 1.29 is 4.79 Å². The lowest BCUT2D eigenvalue weighted by atomic mass is 9.90. The second kappa shape index (κ2) is 8.43. The molecule has 0 saturated carbocycles. The van der Waals surface area contributed by atoms with Gasteiger partial charge in [0.15, 0.2) is 0 Å². The fourth-order valence-corrected chi connectivity index (χ4v) is 3.92. The lowest BCUT2D eigenvalue weighted by Crippen LogP contribution is -2.25. The maximum atomic E-state index is 13.4. The number of anilines is 2. The first-order valence-corrected chi connectivity index (χ1v) is 10.1. The van der Waals surface area contributed by atoms with E-state index in [9.17, 15) is 4.79 Å². The quantitative estimate of drug-likeness (QED) is 0.703. The summed E-state index contributed by atoms with van der Waals surface area (Å²) in [4.78, 5) is 24.9. The van der Waals surface area contributed by atoms with E-state index >= 15 is 0 Å². The smallest absolute Gasteiger partial charge is 0.236 e. The van der Waals surface area contributed by atoms with Gasteiger partial charge in [0.25, 0.3) is 0 Å². The summed E-state index contributed by atoms with van der Waals surface area (Å²) in [6, 6.07) is 19.7. The van der Waals surface area contributed by atoms with E-state index in [1.54, 1.807) is 0 Å². The molecular weight excluding hydrogens is 360 g/mol. The van der Waals surface area contributed by atoms with Crippen molar-refractivity contribution in [3.05, 3.63) is 83.2 Å². The summed E-state index contributed by atoms with van der Waals surface area (Å²) in [5.74, 6) is 0.291. The minimum atomic E-state index is -0.394. The van der Waals surface area contributed by atoms with Crippen LogP contribution in [0.1, 0.15) is 41.3 Å². The van der Waals surface area contributed by atoms with Crippen molar-refractivity contribution in [3.8, 4) is 0 Å². The van der Waals surface area contributed by atoms with Gasteiger partial charge >= 0.3 is 0 Å². The molecule has 1 aromatic heterocycles. The molecule has 0 radical (unpaired) electrons. The average molecular weight is 386 g/mol. The van der Waals surface area contributed by atoms with Gasteiger partial charge in [-0.25, -0.2) is 9.97 Å². The van der Waals surface area contributed by atoms with E-state index in [1.165, 1.54) is 12.8 Å². The number of rotatable bonds is 5.